The topological polar surface area (TPSA) is 189 Å². The molecule has 3 amide bonds. The number of hydrogen-bond donors (Lipinski definition) is 4. The van der Waals surface area contributed by atoms with Crippen LogP contribution in [0.3, 0.4) is 0 Å². The number of hydrogen-bond acceptors (Lipinski definition) is 12. The van der Waals surface area contributed by atoms with E-state index in [1.165, 1.54) is 12.6 Å². The van der Waals surface area contributed by atoms with Crippen LogP contribution in [-0.2, 0) is 33.4 Å². The number of amides is 3. The van der Waals surface area contributed by atoms with Crippen molar-refractivity contribution in [1.82, 2.24) is 5.48 Å². The van der Waals surface area contributed by atoms with Gasteiger partial charge in [0.2, 0.25) is 5.91 Å². The fourth-order valence-corrected chi connectivity index (χ4v) is 6.52. The van der Waals surface area contributed by atoms with E-state index in [2.05, 4.69) is 10.6 Å². The van der Waals surface area contributed by atoms with E-state index in [1.54, 1.807) is 38.5 Å². The van der Waals surface area contributed by atoms with Gasteiger partial charge in [0.25, 0.3) is 11.8 Å². The van der Waals surface area contributed by atoms with Crippen LogP contribution < -0.4 is 35.1 Å². The molecule has 0 spiro atoms. The number of methoxy groups -OCH3 is 3. The van der Waals surface area contributed by atoms with Gasteiger partial charge in [0.05, 0.1) is 45.5 Å². The van der Waals surface area contributed by atoms with E-state index in [9.17, 15) is 19.2 Å². The molecular formula is C45H53N3O12. The molecule has 4 aromatic rings. The zero-order chi connectivity index (χ0) is 42.7. The van der Waals surface area contributed by atoms with E-state index < -0.39 is 35.9 Å². The lowest BCUT2D eigenvalue weighted by Crippen LogP contribution is -2.36. The van der Waals surface area contributed by atoms with Gasteiger partial charge in [0.15, 0.2) is 0 Å². The monoisotopic (exact) mass is 827 g/mol. The van der Waals surface area contributed by atoms with Crippen LogP contribution in [0.1, 0.15) is 74.7 Å². The molecular weight excluding hydrogens is 775 g/mol. The van der Waals surface area contributed by atoms with Gasteiger partial charge >= 0.3 is 5.97 Å². The summed E-state index contributed by atoms with van der Waals surface area (Å²) >= 11 is 0. The van der Waals surface area contributed by atoms with E-state index in [1.807, 2.05) is 72.8 Å². The van der Waals surface area contributed by atoms with E-state index in [0.29, 0.717) is 42.5 Å². The molecule has 0 aliphatic carbocycles. The molecule has 60 heavy (non-hydrogen) atoms. The summed E-state index contributed by atoms with van der Waals surface area (Å²) in [5.41, 5.74) is 4.58. The van der Waals surface area contributed by atoms with Gasteiger partial charge in [-0.3, -0.25) is 24.4 Å². The smallest absolute Gasteiger partial charge is 0.308 e. The molecule has 0 bridgehead atoms. The number of carbonyl (C=O) groups is 4. The van der Waals surface area contributed by atoms with Gasteiger partial charge in [-0.1, -0.05) is 48.5 Å². The highest BCUT2D eigenvalue weighted by molar-refractivity contribution is 5.98. The van der Waals surface area contributed by atoms with Gasteiger partial charge in [-0.2, -0.15) is 0 Å². The lowest BCUT2D eigenvalue weighted by Gasteiger charge is -2.24. The number of ether oxygens (including phenoxy) is 7. The highest BCUT2D eigenvalue weighted by atomic mass is 16.5. The highest BCUT2D eigenvalue weighted by Crippen LogP contribution is 2.35. The van der Waals surface area contributed by atoms with Crippen molar-refractivity contribution in [3.63, 3.8) is 0 Å². The summed E-state index contributed by atoms with van der Waals surface area (Å²) in [7, 11) is 4.55. The van der Waals surface area contributed by atoms with Crippen LogP contribution in [0.5, 0.6) is 23.0 Å². The minimum absolute atomic E-state index is 0.139. The van der Waals surface area contributed by atoms with Gasteiger partial charge in [-0.15, -0.1) is 0 Å². The van der Waals surface area contributed by atoms with Crippen LogP contribution in [0.15, 0.2) is 97.1 Å². The molecule has 0 aromatic heterocycles. The quantitative estimate of drug-likeness (QED) is 0.0802. The average molecular weight is 828 g/mol. The van der Waals surface area contributed by atoms with Gasteiger partial charge in [-0.05, 0) is 98.2 Å². The number of anilines is 2. The molecule has 15 nitrogen and oxygen atoms in total. The lowest BCUT2D eigenvalue weighted by molar-refractivity contribution is -0.147. The predicted octanol–water partition coefficient (Wildman–Crippen LogP) is 7.10. The van der Waals surface area contributed by atoms with Crippen molar-refractivity contribution in [2.75, 3.05) is 45.2 Å². The number of nitrogens with one attached hydrogen (secondary N) is 3. The number of esters is 1. The number of benzene rings is 4. The van der Waals surface area contributed by atoms with Crippen molar-refractivity contribution >= 4 is 35.1 Å². The maximum atomic E-state index is 12.8. The van der Waals surface area contributed by atoms with Crippen molar-refractivity contribution in [1.29, 1.82) is 0 Å². The summed E-state index contributed by atoms with van der Waals surface area (Å²) in [5, 5.41) is 14.4. The van der Waals surface area contributed by atoms with Gasteiger partial charge < -0.3 is 43.8 Å². The van der Waals surface area contributed by atoms with Gasteiger partial charge in [0, 0.05) is 13.2 Å². The average Bonchev–Trinajstić information content (AvgIpc) is 3.27. The molecule has 0 saturated carbocycles. The maximum Gasteiger partial charge on any atom is 0.308 e. The second-order valence-corrected chi connectivity index (χ2v) is 14.0. The standard InChI is InChI=1S/C23H27NO6.C22H26N2O6/c1-27-17-12-10-16(11-13-17)19-8-5-6-14-29-21(15-22(25)28-2)23(26)24-18-7-3-4-9-20(18)30-19;1-28-16-11-9-15(10-12-16)18-7-4-5-13-29-20(14-21(25)24-27)22(26)23-17-6-2-3-8-19(17)30-18/h3-4,7,9-13,19,21H,5-6,8,14-15H2,1-2H3,(H,24,26);2-3,6,8-12,18,20,27H,4-5,7,13-14H2,1H3,(H,23,26)(H,24,25). The summed E-state index contributed by atoms with van der Waals surface area (Å²) in [6, 6.07) is 29.9. The molecule has 4 atom stereocenters. The van der Waals surface area contributed by atoms with Crippen LogP contribution in [0, 0.1) is 0 Å². The zero-order valence-corrected chi connectivity index (χ0v) is 34.1. The molecule has 0 radical (unpaired) electrons. The maximum absolute atomic E-state index is 12.8. The first-order valence-corrected chi connectivity index (χ1v) is 19.8. The largest absolute Gasteiger partial charge is 0.497 e. The second kappa shape index (κ2) is 23.4. The van der Waals surface area contributed by atoms with Crippen molar-refractivity contribution < 1.29 is 57.5 Å². The summed E-state index contributed by atoms with van der Waals surface area (Å²) in [6.45, 7) is 0.680. The van der Waals surface area contributed by atoms with Crippen molar-refractivity contribution in [3.05, 3.63) is 108 Å². The Morgan fingerprint density at radius 1 is 0.633 bits per heavy atom. The molecule has 320 valence electrons. The van der Waals surface area contributed by atoms with Crippen LogP contribution in [0.4, 0.5) is 11.4 Å². The van der Waals surface area contributed by atoms with E-state index in [-0.39, 0.29) is 25.0 Å². The van der Waals surface area contributed by atoms with Crippen LogP contribution in [0.2, 0.25) is 0 Å². The van der Waals surface area contributed by atoms with Crippen LogP contribution >= 0.6 is 0 Å². The fourth-order valence-electron chi connectivity index (χ4n) is 6.52. The Labute approximate surface area is 349 Å². The number of hydroxylamine groups is 1. The number of fused-ring (bicyclic) bond motifs is 2. The van der Waals surface area contributed by atoms with Crippen molar-refractivity contribution in [2.24, 2.45) is 0 Å². The van der Waals surface area contributed by atoms with Crippen LogP contribution in [0.25, 0.3) is 0 Å². The Hall–Kier alpha value is -6.16. The van der Waals surface area contributed by atoms with E-state index >= 15 is 0 Å². The van der Waals surface area contributed by atoms with Crippen LogP contribution in [-0.4, -0.2) is 75.6 Å². The minimum atomic E-state index is -1.01. The second-order valence-electron chi connectivity index (χ2n) is 14.0. The Morgan fingerprint density at radius 2 is 1.07 bits per heavy atom. The van der Waals surface area contributed by atoms with Gasteiger partial charge in [0.1, 0.15) is 47.4 Å². The minimum Gasteiger partial charge on any atom is -0.497 e. The molecule has 2 aliphatic rings. The fraction of sp³-hybridized carbons (Fsp3) is 0.378. The Kier molecular flexibility index (Phi) is 17.6. The first-order valence-electron chi connectivity index (χ1n) is 19.8. The third-order valence-electron chi connectivity index (χ3n) is 9.82. The summed E-state index contributed by atoms with van der Waals surface area (Å²) in [6.07, 6.45) is 1.88. The molecule has 0 saturated heterocycles. The number of carbonyl (C=O) groups excluding carboxylic acids is 4. The molecule has 4 aromatic carbocycles. The molecule has 2 heterocycles. The summed E-state index contributed by atoms with van der Waals surface area (Å²) in [5.74, 6) is 0.573. The molecule has 2 aliphatic heterocycles. The normalized spacial score (nSPS) is 19.9. The highest BCUT2D eigenvalue weighted by Gasteiger charge is 2.27. The molecule has 15 heteroatoms. The number of rotatable bonds is 8. The number of para-hydroxylation sites is 4. The zero-order valence-electron chi connectivity index (χ0n) is 34.1. The Morgan fingerprint density at radius 3 is 1.48 bits per heavy atom. The van der Waals surface area contributed by atoms with Gasteiger partial charge in [-0.25, -0.2) is 5.48 Å². The Bertz CT molecular complexity index is 1850. The lowest BCUT2D eigenvalue weighted by atomic mass is 10.0. The molecule has 4 N–H and O–H groups in total. The first-order chi connectivity index (χ1) is 29.2. The molecule has 4 unspecified atom stereocenters. The molecule has 6 rings (SSSR count). The SMILES string of the molecule is COC(=O)CC1OCCCCC(c2ccc(OC)cc2)Oc2ccccc2NC1=O.COc1ccc(C2CCCCOC(CC(=O)NO)C(=O)Nc3ccccc3O2)cc1. The summed E-state index contributed by atoms with van der Waals surface area (Å²) in [4.78, 5) is 48.7. The Balaban J connectivity index is 0.000000228. The summed E-state index contributed by atoms with van der Waals surface area (Å²) < 4.78 is 39.2. The van der Waals surface area contributed by atoms with E-state index in [0.717, 1.165) is 54.7 Å². The van der Waals surface area contributed by atoms with E-state index in [4.69, 9.17) is 38.4 Å². The van der Waals surface area contributed by atoms with Crippen molar-refractivity contribution in [3.8, 4) is 23.0 Å². The predicted molar refractivity (Wildman–Crippen MR) is 221 cm³/mol. The third-order valence-corrected chi connectivity index (χ3v) is 9.82. The first kappa shape index (κ1) is 44.9. The molecule has 0 fully saturated rings. The third kappa shape index (κ3) is 13.4. The van der Waals surface area contributed by atoms with Crippen molar-refractivity contribution in [2.45, 2.75) is 75.8 Å².